The van der Waals surface area contributed by atoms with Gasteiger partial charge < -0.3 is 18.8 Å². The molecule has 0 aliphatic heterocycles. The van der Waals surface area contributed by atoms with Gasteiger partial charge in [-0.25, -0.2) is 0 Å². The molecular formula is C14H12N2O4. The van der Waals surface area contributed by atoms with Crippen LogP contribution < -0.4 is 4.74 Å². The third-order valence-electron chi connectivity index (χ3n) is 2.96. The van der Waals surface area contributed by atoms with Crippen LogP contribution in [0.15, 0.2) is 39.5 Å². The van der Waals surface area contributed by atoms with E-state index in [1.807, 2.05) is 6.92 Å². The third kappa shape index (κ3) is 2.01. The molecule has 1 N–H and O–H groups in total. The molecule has 0 aliphatic carbocycles. The highest BCUT2D eigenvalue weighted by Crippen LogP contribution is 2.32. The second kappa shape index (κ2) is 4.73. The van der Waals surface area contributed by atoms with Crippen molar-refractivity contribution in [2.45, 2.75) is 6.92 Å². The van der Waals surface area contributed by atoms with Crippen LogP contribution in [0.2, 0.25) is 0 Å². The van der Waals surface area contributed by atoms with Gasteiger partial charge in [0.25, 0.3) is 5.89 Å². The summed E-state index contributed by atoms with van der Waals surface area (Å²) in [5.41, 5.74) is 1.21. The van der Waals surface area contributed by atoms with Crippen LogP contribution in [0.25, 0.3) is 22.8 Å². The fourth-order valence-electron chi connectivity index (χ4n) is 1.88. The fraction of sp³-hybridized carbons (Fsp3) is 0.143. The van der Waals surface area contributed by atoms with Crippen LogP contribution in [0.4, 0.5) is 0 Å². The number of hydrogen-bond acceptors (Lipinski definition) is 6. The molecule has 0 spiro atoms. The summed E-state index contributed by atoms with van der Waals surface area (Å²) < 4.78 is 15.4. The van der Waals surface area contributed by atoms with Crippen molar-refractivity contribution < 1.29 is 18.8 Å². The van der Waals surface area contributed by atoms with Crippen molar-refractivity contribution in [2.75, 3.05) is 7.11 Å². The Morgan fingerprint density at radius 3 is 2.70 bits per heavy atom. The number of aromatic nitrogens is 2. The number of ether oxygens (including phenoxy) is 1. The maximum atomic E-state index is 9.94. The van der Waals surface area contributed by atoms with Crippen LogP contribution >= 0.6 is 0 Å². The Labute approximate surface area is 114 Å². The van der Waals surface area contributed by atoms with Crippen molar-refractivity contribution in [3.8, 4) is 34.3 Å². The number of furan rings is 1. The second-order valence-corrected chi connectivity index (χ2v) is 4.20. The number of hydrogen-bond donors (Lipinski definition) is 1. The summed E-state index contributed by atoms with van der Waals surface area (Å²) in [6.07, 6.45) is 1.56. The quantitative estimate of drug-likeness (QED) is 0.789. The zero-order valence-electron chi connectivity index (χ0n) is 11.0. The van der Waals surface area contributed by atoms with Crippen LogP contribution in [0.3, 0.4) is 0 Å². The van der Waals surface area contributed by atoms with Gasteiger partial charge in [0, 0.05) is 6.07 Å². The van der Waals surface area contributed by atoms with E-state index in [2.05, 4.69) is 10.1 Å². The molecule has 0 saturated heterocycles. The number of phenolic OH excluding ortho intramolecular Hbond substituents is 1. The van der Waals surface area contributed by atoms with Crippen molar-refractivity contribution in [3.05, 3.63) is 36.3 Å². The lowest BCUT2D eigenvalue weighted by molar-refractivity contribution is 0.405. The summed E-state index contributed by atoms with van der Waals surface area (Å²) in [5.74, 6) is 1.93. The van der Waals surface area contributed by atoms with Crippen LogP contribution in [0, 0.1) is 6.92 Å². The van der Waals surface area contributed by atoms with Crippen LogP contribution in [-0.4, -0.2) is 22.4 Å². The van der Waals surface area contributed by atoms with Gasteiger partial charge in [0.1, 0.15) is 17.3 Å². The molecular weight excluding hydrogens is 260 g/mol. The van der Waals surface area contributed by atoms with Gasteiger partial charge in [-0.05, 0) is 25.1 Å². The highest BCUT2D eigenvalue weighted by Gasteiger charge is 2.16. The van der Waals surface area contributed by atoms with E-state index in [1.165, 1.54) is 13.2 Å². The highest BCUT2D eigenvalue weighted by atomic mass is 16.5. The van der Waals surface area contributed by atoms with Crippen molar-refractivity contribution in [1.29, 1.82) is 0 Å². The Morgan fingerprint density at radius 2 is 2.05 bits per heavy atom. The molecule has 1 aromatic carbocycles. The van der Waals surface area contributed by atoms with Gasteiger partial charge in [-0.1, -0.05) is 5.16 Å². The van der Waals surface area contributed by atoms with E-state index in [0.29, 0.717) is 22.9 Å². The Balaban J connectivity index is 2.00. The molecule has 2 heterocycles. The number of methoxy groups -OCH3 is 1. The molecule has 3 rings (SSSR count). The van der Waals surface area contributed by atoms with Gasteiger partial charge in [0.2, 0.25) is 5.82 Å². The van der Waals surface area contributed by atoms with Crippen molar-refractivity contribution in [2.24, 2.45) is 0 Å². The molecule has 6 heteroatoms. The molecule has 0 bridgehead atoms. The van der Waals surface area contributed by atoms with Gasteiger partial charge in [0.15, 0.2) is 0 Å². The van der Waals surface area contributed by atoms with E-state index in [4.69, 9.17) is 13.7 Å². The number of phenols is 1. The molecule has 0 unspecified atom stereocenters. The first-order valence-electron chi connectivity index (χ1n) is 5.94. The first-order valence-corrected chi connectivity index (χ1v) is 5.94. The molecule has 0 amide bonds. The summed E-state index contributed by atoms with van der Waals surface area (Å²) in [7, 11) is 1.53. The van der Waals surface area contributed by atoms with Gasteiger partial charge in [-0.3, -0.25) is 0 Å². The zero-order chi connectivity index (χ0) is 14.1. The number of nitrogens with zero attached hydrogens (tertiary/aromatic N) is 2. The Kier molecular flexibility index (Phi) is 2.90. The molecule has 0 radical (unpaired) electrons. The van der Waals surface area contributed by atoms with Crippen molar-refractivity contribution in [1.82, 2.24) is 10.1 Å². The normalized spacial score (nSPS) is 10.7. The van der Waals surface area contributed by atoms with Crippen molar-refractivity contribution >= 4 is 0 Å². The standard InChI is InChI=1S/C14H12N2O4/c1-8-10(5-6-19-8)13-15-14(20-16-13)11-4-3-9(18-2)7-12(11)17/h3-7,17H,1-2H3. The molecule has 102 valence electrons. The summed E-state index contributed by atoms with van der Waals surface area (Å²) >= 11 is 0. The topological polar surface area (TPSA) is 81.5 Å². The minimum atomic E-state index is 0.0171. The van der Waals surface area contributed by atoms with Gasteiger partial charge >= 0.3 is 0 Å². The first-order chi connectivity index (χ1) is 9.69. The summed E-state index contributed by atoms with van der Waals surface area (Å²) in [4.78, 5) is 4.26. The lowest BCUT2D eigenvalue weighted by Crippen LogP contribution is -1.85. The maximum Gasteiger partial charge on any atom is 0.262 e. The molecule has 0 saturated carbocycles. The van der Waals surface area contributed by atoms with E-state index in [9.17, 15) is 5.11 Å². The second-order valence-electron chi connectivity index (χ2n) is 4.20. The minimum absolute atomic E-state index is 0.0171. The summed E-state index contributed by atoms with van der Waals surface area (Å²) in [6.45, 7) is 1.82. The monoisotopic (exact) mass is 272 g/mol. The molecule has 6 nitrogen and oxygen atoms in total. The Bertz CT molecular complexity index is 745. The average molecular weight is 272 g/mol. The summed E-state index contributed by atoms with van der Waals surface area (Å²) in [6, 6.07) is 6.62. The van der Waals surface area contributed by atoms with Gasteiger partial charge in [-0.15, -0.1) is 0 Å². The number of benzene rings is 1. The SMILES string of the molecule is COc1ccc(-c2nc(-c3ccoc3C)no2)c(O)c1. The predicted octanol–water partition coefficient (Wildman–Crippen LogP) is 3.02. The smallest absolute Gasteiger partial charge is 0.262 e. The first kappa shape index (κ1) is 12.3. The fourth-order valence-corrected chi connectivity index (χ4v) is 1.88. The van der Waals surface area contributed by atoms with Crippen LogP contribution in [-0.2, 0) is 0 Å². The summed E-state index contributed by atoms with van der Waals surface area (Å²) in [5, 5.41) is 13.8. The molecule has 0 aliphatic rings. The van der Waals surface area contributed by atoms with E-state index >= 15 is 0 Å². The minimum Gasteiger partial charge on any atom is -0.507 e. The molecule has 2 aromatic heterocycles. The zero-order valence-corrected chi connectivity index (χ0v) is 11.0. The third-order valence-corrected chi connectivity index (χ3v) is 2.96. The van der Waals surface area contributed by atoms with E-state index in [1.54, 1.807) is 24.5 Å². The number of aryl methyl sites for hydroxylation is 1. The highest BCUT2D eigenvalue weighted by molar-refractivity contribution is 5.66. The van der Waals surface area contributed by atoms with Crippen LogP contribution in [0.1, 0.15) is 5.76 Å². The molecule has 20 heavy (non-hydrogen) atoms. The predicted molar refractivity (Wildman–Crippen MR) is 70.4 cm³/mol. The van der Waals surface area contributed by atoms with E-state index in [-0.39, 0.29) is 11.6 Å². The molecule has 3 aromatic rings. The lowest BCUT2D eigenvalue weighted by atomic mass is 10.2. The van der Waals surface area contributed by atoms with Gasteiger partial charge in [0.05, 0.1) is 24.5 Å². The average Bonchev–Trinajstić information content (AvgIpc) is 3.07. The van der Waals surface area contributed by atoms with Crippen LogP contribution in [0.5, 0.6) is 11.5 Å². The maximum absolute atomic E-state index is 9.94. The number of aromatic hydroxyl groups is 1. The Morgan fingerprint density at radius 1 is 1.20 bits per heavy atom. The lowest BCUT2D eigenvalue weighted by Gasteiger charge is -2.02. The molecule has 0 fully saturated rings. The van der Waals surface area contributed by atoms with Crippen molar-refractivity contribution in [3.63, 3.8) is 0 Å². The van der Waals surface area contributed by atoms with Gasteiger partial charge in [-0.2, -0.15) is 4.98 Å². The van der Waals surface area contributed by atoms with E-state index in [0.717, 1.165) is 5.56 Å². The molecule has 0 atom stereocenters. The Hall–Kier alpha value is -2.76. The largest absolute Gasteiger partial charge is 0.507 e. The van der Waals surface area contributed by atoms with E-state index < -0.39 is 0 Å². The number of rotatable bonds is 3.